The lowest BCUT2D eigenvalue weighted by molar-refractivity contribution is -0.120. The van der Waals surface area contributed by atoms with Gasteiger partial charge in [-0.2, -0.15) is 5.10 Å². The van der Waals surface area contributed by atoms with Crippen molar-refractivity contribution in [3.8, 4) is 0 Å². The van der Waals surface area contributed by atoms with Crippen LogP contribution in [0, 0.1) is 0 Å². The van der Waals surface area contributed by atoms with E-state index in [2.05, 4.69) is 20.5 Å². The largest absolute Gasteiger partial charge is 0.361 e. The van der Waals surface area contributed by atoms with Crippen LogP contribution in [0.4, 0.5) is 0 Å². The van der Waals surface area contributed by atoms with Gasteiger partial charge in [0, 0.05) is 22.5 Å². The molecule has 2 aromatic heterocycles. The summed E-state index contributed by atoms with van der Waals surface area (Å²) < 4.78 is 0. The molecule has 0 saturated carbocycles. The molecule has 0 saturated heterocycles. The number of hydrogen-bond acceptors (Lipinski definition) is 3. The van der Waals surface area contributed by atoms with Gasteiger partial charge in [0.25, 0.3) is 0 Å². The number of benzene rings is 2. The van der Waals surface area contributed by atoms with Crippen LogP contribution >= 0.6 is 0 Å². The van der Waals surface area contributed by atoms with E-state index in [1.807, 2.05) is 73.8 Å². The Labute approximate surface area is 150 Å². The lowest BCUT2D eigenvalue weighted by atomic mass is 10.1. The number of carbonyl (C=O) groups is 1. The van der Waals surface area contributed by atoms with Crippen LogP contribution in [0.15, 0.2) is 72.0 Å². The number of aromatic amines is 1. The second kappa shape index (κ2) is 6.80. The number of nitrogens with zero attached hydrogens (tertiary/aromatic N) is 2. The highest BCUT2D eigenvalue weighted by molar-refractivity contribution is 5.99. The van der Waals surface area contributed by atoms with Crippen LogP contribution in [0.5, 0.6) is 0 Å². The summed E-state index contributed by atoms with van der Waals surface area (Å²) in [6, 6.07) is 19.7. The summed E-state index contributed by atoms with van der Waals surface area (Å²) in [5.41, 5.74) is 6.93. The molecule has 0 aliphatic rings. The van der Waals surface area contributed by atoms with Crippen molar-refractivity contribution in [2.24, 2.45) is 5.10 Å². The van der Waals surface area contributed by atoms with Crippen LogP contribution in [-0.2, 0) is 11.2 Å². The lowest BCUT2D eigenvalue weighted by Gasteiger charge is -2.04. The summed E-state index contributed by atoms with van der Waals surface area (Å²) in [4.78, 5) is 20.0. The quantitative estimate of drug-likeness (QED) is 0.437. The number of pyridine rings is 1. The van der Waals surface area contributed by atoms with Gasteiger partial charge in [-0.05, 0) is 30.7 Å². The Morgan fingerprint density at radius 1 is 1.08 bits per heavy atom. The van der Waals surface area contributed by atoms with Crippen LogP contribution in [0.2, 0.25) is 0 Å². The van der Waals surface area contributed by atoms with Gasteiger partial charge in [-0.3, -0.25) is 4.79 Å². The smallest absolute Gasteiger partial charge is 0.244 e. The van der Waals surface area contributed by atoms with E-state index in [0.717, 1.165) is 33.1 Å². The molecule has 0 spiro atoms. The fraction of sp³-hybridized carbons (Fsp3) is 0.0952. The van der Waals surface area contributed by atoms with Gasteiger partial charge in [0.15, 0.2) is 0 Å². The van der Waals surface area contributed by atoms with Crippen LogP contribution in [0.25, 0.3) is 21.8 Å². The van der Waals surface area contributed by atoms with Crippen LogP contribution < -0.4 is 5.43 Å². The van der Waals surface area contributed by atoms with E-state index < -0.39 is 0 Å². The third kappa shape index (κ3) is 3.19. The average molecular weight is 342 g/mol. The average Bonchev–Trinajstić information content (AvgIpc) is 3.08. The fourth-order valence-corrected chi connectivity index (χ4v) is 2.96. The second-order valence-corrected chi connectivity index (χ2v) is 6.16. The maximum Gasteiger partial charge on any atom is 0.244 e. The Morgan fingerprint density at radius 2 is 1.88 bits per heavy atom. The Balaban J connectivity index is 1.48. The molecule has 5 nitrogen and oxygen atoms in total. The van der Waals surface area contributed by atoms with E-state index in [-0.39, 0.29) is 12.3 Å². The first-order valence-corrected chi connectivity index (χ1v) is 8.45. The summed E-state index contributed by atoms with van der Waals surface area (Å²) in [7, 11) is 0. The van der Waals surface area contributed by atoms with Crippen molar-refractivity contribution >= 4 is 33.4 Å². The summed E-state index contributed by atoms with van der Waals surface area (Å²) >= 11 is 0. The maximum absolute atomic E-state index is 12.2. The highest BCUT2D eigenvalue weighted by Crippen LogP contribution is 2.18. The third-order valence-electron chi connectivity index (χ3n) is 4.34. The summed E-state index contributed by atoms with van der Waals surface area (Å²) in [6.45, 7) is 1.84. The zero-order valence-corrected chi connectivity index (χ0v) is 14.4. The Hall–Kier alpha value is -3.47. The molecule has 1 amide bonds. The highest BCUT2D eigenvalue weighted by Gasteiger charge is 2.08. The van der Waals surface area contributed by atoms with E-state index >= 15 is 0 Å². The van der Waals surface area contributed by atoms with E-state index in [9.17, 15) is 4.79 Å². The number of H-pyrrole nitrogens is 1. The number of carbonyl (C=O) groups excluding carboxylic acids is 1. The molecule has 26 heavy (non-hydrogen) atoms. The zero-order valence-electron chi connectivity index (χ0n) is 14.4. The summed E-state index contributed by atoms with van der Waals surface area (Å²) in [6.07, 6.45) is 2.14. The van der Waals surface area contributed by atoms with E-state index in [1.54, 1.807) is 0 Å². The number of hydrogen-bond donors (Lipinski definition) is 2. The van der Waals surface area contributed by atoms with E-state index in [0.29, 0.717) is 5.71 Å². The van der Waals surface area contributed by atoms with Gasteiger partial charge < -0.3 is 4.98 Å². The Morgan fingerprint density at radius 3 is 2.81 bits per heavy atom. The third-order valence-corrected chi connectivity index (χ3v) is 4.34. The lowest BCUT2D eigenvalue weighted by Crippen LogP contribution is -2.21. The van der Waals surface area contributed by atoms with Gasteiger partial charge in [0.05, 0.1) is 23.3 Å². The molecule has 0 bridgehead atoms. The minimum atomic E-state index is -0.158. The summed E-state index contributed by atoms with van der Waals surface area (Å²) in [5.74, 6) is -0.158. The molecule has 0 aliphatic carbocycles. The van der Waals surface area contributed by atoms with Crippen molar-refractivity contribution in [2.75, 3.05) is 0 Å². The Kier molecular flexibility index (Phi) is 4.19. The molecule has 2 heterocycles. The van der Waals surface area contributed by atoms with Crippen LogP contribution in [0.3, 0.4) is 0 Å². The Bertz CT molecular complexity index is 1130. The molecule has 2 N–H and O–H groups in total. The monoisotopic (exact) mass is 342 g/mol. The number of para-hydroxylation sites is 2. The van der Waals surface area contributed by atoms with Gasteiger partial charge >= 0.3 is 0 Å². The summed E-state index contributed by atoms with van der Waals surface area (Å²) in [5, 5.41) is 6.34. The van der Waals surface area contributed by atoms with E-state index in [1.165, 1.54) is 0 Å². The fourth-order valence-electron chi connectivity index (χ4n) is 2.96. The molecule has 4 aromatic rings. The standard InChI is InChI=1S/C21H18N4O/c1-14(18-11-10-15-6-2-4-8-19(15)23-18)24-25-21(26)12-16-13-22-20-9-5-3-7-17(16)20/h2-11,13,22H,12H2,1H3,(H,25,26)/b24-14+. The molecule has 0 fully saturated rings. The number of aromatic nitrogens is 2. The number of amides is 1. The topological polar surface area (TPSA) is 70.1 Å². The molecule has 4 rings (SSSR count). The van der Waals surface area contributed by atoms with Crippen molar-refractivity contribution in [3.05, 3.63) is 78.1 Å². The van der Waals surface area contributed by atoms with Crippen molar-refractivity contribution in [2.45, 2.75) is 13.3 Å². The molecule has 0 aliphatic heterocycles. The predicted molar refractivity (Wildman–Crippen MR) is 104 cm³/mol. The SMILES string of the molecule is C/C(=N\NC(=O)Cc1c[nH]c2ccccc12)c1ccc2ccccc2n1. The first-order chi connectivity index (χ1) is 12.7. The zero-order chi connectivity index (χ0) is 17.9. The predicted octanol–water partition coefficient (Wildman–Crippen LogP) is 3.80. The van der Waals surface area contributed by atoms with E-state index in [4.69, 9.17) is 0 Å². The van der Waals surface area contributed by atoms with Crippen molar-refractivity contribution < 1.29 is 4.79 Å². The van der Waals surface area contributed by atoms with Gasteiger partial charge in [0.2, 0.25) is 5.91 Å². The molecule has 2 aromatic carbocycles. The van der Waals surface area contributed by atoms with Crippen LogP contribution in [0.1, 0.15) is 18.2 Å². The number of hydrazone groups is 1. The van der Waals surface area contributed by atoms with Gasteiger partial charge in [0.1, 0.15) is 0 Å². The molecular formula is C21H18N4O. The first-order valence-electron chi connectivity index (χ1n) is 8.45. The minimum Gasteiger partial charge on any atom is -0.361 e. The van der Waals surface area contributed by atoms with Gasteiger partial charge in [-0.1, -0.05) is 42.5 Å². The minimum absolute atomic E-state index is 0.158. The molecule has 0 atom stereocenters. The number of nitrogens with one attached hydrogen (secondary N) is 2. The van der Waals surface area contributed by atoms with Crippen molar-refractivity contribution in [1.29, 1.82) is 0 Å². The number of fused-ring (bicyclic) bond motifs is 2. The second-order valence-electron chi connectivity index (χ2n) is 6.16. The molecular weight excluding hydrogens is 324 g/mol. The van der Waals surface area contributed by atoms with Gasteiger partial charge in [-0.15, -0.1) is 0 Å². The molecule has 128 valence electrons. The van der Waals surface area contributed by atoms with Crippen LogP contribution in [-0.4, -0.2) is 21.6 Å². The van der Waals surface area contributed by atoms with Crippen molar-refractivity contribution in [1.82, 2.24) is 15.4 Å². The molecule has 0 unspecified atom stereocenters. The van der Waals surface area contributed by atoms with Gasteiger partial charge in [-0.25, -0.2) is 10.4 Å². The normalized spacial score (nSPS) is 11.8. The molecule has 5 heteroatoms. The highest BCUT2D eigenvalue weighted by atomic mass is 16.2. The number of rotatable bonds is 4. The van der Waals surface area contributed by atoms with Crippen molar-refractivity contribution in [3.63, 3.8) is 0 Å². The maximum atomic E-state index is 12.2. The first kappa shape index (κ1) is 16.0. The molecule has 0 radical (unpaired) electrons.